The van der Waals surface area contributed by atoms with Gasteiger partial charge in [-0.15, -0.1) is 0 Å². The van der Waals surface area contributed by atoms with Gasteiger partial charge in [-0.25, -0.2) is 0 Å². The van der Waals surface area contributed by atoms with Gasteiger partial charge in [0.05, 0.1) is 6.10 Å². The van der Waals surface area contributed by atoms with Gasteiger partial charge in [0, 0.05) is 23.2 Å². The van der Waals surface area contributed by atoms with Crippen molar-refractivity contribution >= 4 is 38.1 Å². The second kappa shape index (κ2) is 19.5. The van der Waals surface area contributed by atoms with Crippen LogP contribution in [0.2, 0.25) is 0 Å². The minimum absolute atomic E-state index is 0.195. The third kappa shape index (κ3) is 14.6. The number of carbonyl (C=O) groups is 1. The van der Waals surface area contributed by atoms with Crippen LogP contribution in [0.4, 0.5) is 0 Å². The molecule has 166 valence electrons. The summed E-state index contributed by atoms with van der Waals surface area (Å²) in [6.45, 7) is 0.989. The Morgan fingerprint density at radius 2 is 1.36 bits per heavy atom. The van der Waals surface area contributed by atoms with Gasteiger partial charge in [0.2, 0.25) is 0 Å². The molecule has 28 heavy (non-hydrogen) atoms. The molecule has 1 fully saturated rings. The van der Waals surface area contributed by atoms with Gasteiger partial charge < -0.3 is 9.53 Å². The summed E-state index contributed by atoms with van der Waals surface area (Å²) in [6.07, 6.45) is 24.2. The first kappa shape index (κ1) is 26.6. The quantitative estimate of drug-likeness (QED) is 0.0967. The van der Waals surface area contributed by atoms with Gasteiger partial charge in [0.25, 0.3) is 0 Å². The highest BCUT2D eigenvalue weighted by Gasteiger charge is 2.13. The van der Waals surface area contributed by atoms with Crippen LogP contribution >= 0.6 is 31.9 Å². The largest absolute Gasteiger partial charge is 0.378 e. The molecule has 0 aromatic heterocycles. The van der Waals surface area contributed by atoms with Crippen LogP contribution < -0.4 is 0 Å². The van der Waals surface area contributed by atoms with Crippen LogP contribution in [0, 0.1) is 11.8 Å². The summed E-state index contributed by atoms with van der Waals surface area (Å²) < 4.78 is 6.00. The third-order valence-electron chi connectivity index (χ3n) is 6.22. The average Bonchev–Trinajstić information content (AvgIpc) is 2.74. The maximum absolute atomic E-state index is 10.9. The summed E-state index contributed by atoms with van der Waals surface area (Å²) in [5, 5.41) is 1.88. The van der Waals surface area contributed by atoms with E-state index in [4.69, 9.17) is 4.74 Å². The molecule has 1 saturated carbocycles. The van der Waals surface area contributed by atoms with E-state index in [2.05, 4.69) is 31.9 Å². The number of rotatable bonds is 19. The zero-order valence-corrected chi connectivity index (χ0v) is 21.2. The number of hydrogen-bond acceptors (Lipinski definition) is 2. The molecule has 2 atom stereocenters. The Bertz CT molecular complexity index is 345. The van der Waals surface area contributed by atoms with Crippen LogP contribution in [0.1, 0.15) is 109 Å². The zero-order chi connectivity index (χ0) is 20.3. The standard InChI is InChI=1S/C24H44Br2O2/c25-19-22(16-17-23(20-26)21-27)13-9-6-4-2-1-3-5-7-12-18-28-24-14-10-8-11-15-24/h21-24H,1-20H2. The second-order valence-electron chi connectivity index (χ2n) is 8.75. The molecule has 4 heteroatoms. The molecule has 0 bridgehead atoms. The highest BCUT2D eigenvalue weighted by Crippen LogP contribution is 2.22. The summed E-state index contributed by atoms with van der Waals surface area (Å²) in [6, 6.07) is 0. The molecular weight excluding hydrogens is 480 g/mol. The van der Waals surface area contributed by atoms with Crippen LogP contribution in [0.15, 0.2) is 0 Å². The predicted octanol–water partition coefficient (Wildman–Crippen LogP) is 8.24. The molecule has 2 unspecified atom stereocenters. The molecule has 1 rings (SSSR count). The lowest BCUT2D eigenvalue weighted by atomic mass is 9.94. The van der Waals surface area contributed by atoms with Crippen molar-refractivity contribution in [3.63, 3.8) is 0 Å². The smallest absolute Gasteiger partial charge is 0.123 e. The Labute approximate surface area is 191 Å². The molecule has 0 aromatic rings. The van der Waals surface area contributed by atoms with E-state index in [1.807, 2.05) is 0 Å². The maximum atomic E-state index is 10.9. The minimum atomic E-state index is 0.195. The molecular formula is C24H44Br2O2. The maximum Gasteiger partial charge on any atom is 0.123 e. The fourth-order valence-corrected chi connectivity index (χ4v) is 5.31. The van der Waals surface area contributed by atoms with Crippen LogP contribution in [0.5, 0.6) is 0 Å². The third-order valence-corrected chi connectivity index (χ3v) is 7.96. The Hall–Kier alpha value is 0.590. The van der Waals surface area contributed by atoms with E-state index in [0.717, 1.165) is 35.9 Å². The van der Waals surface area contributed by atoms with Crippen molar-refractivity contribution in [1.82, 2.24) is 0 Å². The van der Waals surface area contributed by atoms with E-state index >= 15 is 0 Å². The first-order valence-corrected chi connectivity index (χ1v) is 14.2. The molecule has 0 radical (unpaired) electrons. The summed E-state index contributed by atoms with van der Waals surface area (Å²) in [4.78, 5) is 10.9. The van der Waals surface area contributed by atoms with Gasteiger partial charge in [-0.05, 0) is 44.4 Å². The first-order valence-electron chi connectivity index (χ1n) is 12.0. The van der Waals surface area contributed by atoms with Crippen molar-refractivity contribution in [2.45, 2.75) is 115 Å². The number of ether oxygens (including phenoxy) is 1. The minimum Gasteiger partial charge on any atom is -0.378 e. The SMILES string of the molecule is O=CC(CBr)CCC(CBr)CCCCCCCCCCCOC1CCCCC1. The van der Waals surface area contributed by atoms with Gasteiger partial charge in [0.1, 0.15) is 6.29 Å². The molecule has 1 aliphatic carbocycles. The summed E-state index contributed by atoms with van der Waals surface area (Å²) >= 11 is 7.08. The fourth-order valence-electron chi connectivity index (χ4n) is 4.18. The van der Waals surface area contributed by atoms with Gasteiger partial charge in [0.15, 0.2) is 0 Å². The Kier molecular flexibility index (Phi) is 18.6. The van der Waals surface area contributed by atoms with Gasteiger partial charge in [-0.2, -0.15) is 0 Å². The monoisotopic (exact) mass is 522 g/mol. The number of hydrogen-bond donors (Lipinski definition) is 0. The van der Waals surface area contributed by atoms with E-state index in [0.29, 0.717) is 6.10 Å². The van der Waals surface area contributed by atoms with E-state index in [9.17, 15) is 4.79 Å². The van der Waals surface area contributed by atoms with Crippen LogP contribution in [0.25, 0.3) is 0 Å². The summed E-state index contributed by atoms with van der Waals surface area (Å²) in [5.74, 6) is 0.928. The number of halogens is 2. The lowest BCUT2D eigenvalue weighted by molar-refractivity contribution is -0.110. The van der Waals surface area contributed by atoms with E-state index in [1.165, 1.54) is 103 Å². The van der Waals surface area contributed by atoms with Crippen molar-refractivity contribution in [2.24, 2.45) is 11.8 Å². The molecule has 0 aliphatic heterocycles. The lowest BCUT2D eigenvalue weighted by Gasteiger charge is -2.21. The molecule has 0 spiro atoms. The lowest BCUT2D eigenvalue weighted by Crippen LogP contribution is -2.17. The molecule has 2 nitrogen and oxygen atoms in total. The van der Waals surface area contributed by atoms with Crippen molar-refractivity contribution in [1.29, 1.82) is 0 Å². The molecule has 0 N–H and O–H groups in total. The van der Waals surface area contributed by atoms with Crippen LogP contribution in [0.3, 0.4) is 0 Å². The number of aldehydes is 1. The number of alkyl halides is 2. The Balaban J connectivity index is 1.82. The molecule has 0 amide bonds. The van der Waals surface area contributed by atoms with Gasteiger partial charge >= 0.3 is 0 Å². The van der Waals surface area contributed by atoms with Gasteiger partial charge in [-0.1, -0.05) is 102 Å². The fraction of sp³-hybridized carbons (Fsp3) is 0.958. The predicted molar refractivity (Wildman–Crippen MR) is 129 cm³/mol. The molecule has 0 aromatic carbocycles. The topological polar surface area (TPSA) is 26.3 Å². The zero-order valence-electron chi connectivity index (χ0n) is 18.0. The van der Waals surface area contributed by atoms with Crippen molar-refractivity contribution in [3.05, 3.63) is 0 Å². The normalized spacial score (nSPS) is 17.5. The highest BCUT2D eigenvalue weighted by molar-refractivity contribution is 9.09. The second-order valence-corrected chi connectivity index (χ2v) is 10.0. The number of carbonyl (C=O) groups excluding carboxylic acids is 1. The first-order chi connectivity index (χ1) is 13.8. The molecule has 1 aliphatic rings. The van der Waals surface area contributed by atoms with Crippen molar-refractivity contribution < 1.29 is 9.53 Å². The Morgan fingerprint density at radius 3 is 1.93 bits per heavy atom. The van der Waals surface area contributed by atoms with Crippen LogP contribution in [-0.2, 0) is 9.53 Å². The summed E-state index contributed by atoms with van der Waals surface area (Å²) in [7, 11) is 0. The van der Waals surface area contributed by atoms with E-state index < -0.39 is 0 Å². The highest BCUT2D eigenvalue weighted by atomic mass is 79.9. The van der Waals surface area contributed by atoms with Gasteiger partial charge in [-0.3, -0.25) is 0 Å². The molecule has 0 saturated heterocycles. The number of unbranched alkanes of at least 4 members (excludes halogenated alkanes) is 8. The Morgan fingerprint density at radius 1 is 0.750 bits per heavy atom. The van der Waals surface area contributed by atoms with E-state index in [-0.39, 0.29) is 5.92 Å². The van der Waals surface area contributed by atoms with E-state index in [1.54, 1.807) is 0 Å². The molecule has 0 heterocycles. The average molecular weight is 524 g/mol. The van der Waals surface area contributed by atoms with Crippen molar-refractivity contribution in [2.75, 3.05) is 17.3 Å². The summed E-state index contributed by atoms with van der Waals surface area (Å²) in [5.41, 5.74) is 0. The van der Waals surface area contributed by atoms with Crippen LogP contribution in [-0.4, -0.2) is 29.7 Å². The van der Waals surface area contributed by atoms with Crippen molar-refractivity contribution in [3.8, 4) is 0 Å².